The lowest BCUT2D eigenvalue weighted by Gasteiger charge is -2.03. The van der Waals surface area contributed by atoms with Crippen LogP contribution in [-0.2, 0) is 0 Å². The summed E-state index contributed by atoms with van der Waals surface area (Å²) in [5.41, 5.74) is 4.11. The lowest BCUT2D eigenvalue weighted by atomic mass is 10.1. The fraction of sp³-hybridized carbons (Fsp3) is 0.450. The molecule has 0 atom stereocenters. The van der Waals surface area contributed by atoms with Crippen molar-refractivity contribution in [2.75, 3.05) is 0 Å². The molecule has 0 spiro atoms. The van der Waals surface area contributed by atoms with E-state index in [0.717, 1.165) is 17.0 Å². The summed E-state index contributed by atoms with van der Waals surface area (Å²) in [6.07, 6.45) is 3.96. The Morgan fingerprint density at radius 1 is 1.00 bits per heavy atom. The molecule has 0 unspecified atom stereocenters. The summed E-state index contributed by atoms with van der Waals surface area (Å²) in [6.45, 7) is 21.9. The predicted molar refractivity (Wildman–Crippen MR) is 102 cm³/mol. The summed E-state index contributed by atoms with van der Waals surface area (Å²) in [4.78, 5) is 4.58. The Labute approximate surface area is 133 Å². The van der Waals surface area contributed by atoms with E-state index in [1.807, 2.05) is 85.7 Å². The van der Waals surface area contributed by atoms with Gasteiger partial charge in [0, 0.05) is 0 Å². The fourth-order valence-electron chi connectivity index (χ4n) is 1.25. The first kappa shape index (κ1) is 24.4. The van der Waals surface area contributed by atoms with Crippen LogP contribution >= 0.6 is 0 Å². The van der Waals surface area contributed by atoms with E-state index in [9.17, 15) is 0 Å². The molecule has 1 heteroatoms. The van der Waals surface area contributed by atoms with E-state index in [-0.39, 0.29) is 0 Å². The van der Waals surface area contributed by atoms with E-state index in [0.29, 0.717) is 0 Å². The Hall–Kier alpha value is -1.63. The zero-order valence-corrected chi connectivity index (χ0v) is 15.6. The van der Waals surface area contributed by atoms with Crippen LogP contribution in [0.1, 0.15) is 61.0 Å². The first-order valence-corrected chi connectivity index (χ1v) is 8.08. The molecule has 0 saturated carbocycles. The van der Waals surface area contributed by atoms with Crippen molar-refractivity contribution in [3.05, 3.63) is 54.1 Å². The third kappa shape index (κ3) is 11.9. The summed E-state index contributed by atoms with van der Waals surface area (Å²) in [6, 6.07) is 8.09. The Balaban J connectivity index is -0.000000478. The number of aliphatic imine (C=N–C) groups is 1. The summed E-state index contributed by atoms with van der Waals surface area (Å²) < 4.78 is 0. The number of nitrogens with zero attached hydrogens (tertiary/aromatic N) is 1. The lowest BCUT2D eigenvalue weighted by molar-refractivity contribution is 1.39. The molecule has 0 fully saturated rings. The second-order valence-corrected chi connectivity index (χ2v) is 3.56. The highest BCUT2D eigenvalue weighted by Crippen LogP contribution is 2.18. The van der Waals surface area contributed by atoms with Crippen LogP contribution in [0.3, 0.4) is 0 Å². The van der Waals surface area contributed by atoms with Crippen LogP contribution in [-0.4, -0.2) is 5.71 Å². The largest absolute Gasteiger partial charge is 0.249 e. The molecule has 0 amide bonds. The highest BCUT2D eigenvalue weighted by molar-refractivity contribution is 6.08. The molecule has 1 aromatic rings. The lowest BCUT2D eigenvalue weighted by Crippen LogP contribution is -1.93. The molecule has 1 aromatic carbocycles. The van der Waals surface area contributed by atoms with Gasteiger partial charge in [0.2, 0.25) is 0 Å². The molecule has 0 N–H and O–H groups in total. The predicted octanol–water partition coefficient (Wildman–Crippen LogP) is 7.30. The molecule has 0 aromatic heterocycles. The van der Waals surface area contributed by atoms with Gasteiger partial charge in [0.05, 0.1) is 11.4 Å². The quantitative estimate of drug-likeness (QED) is 0.518. The van der Waals surface area contributed by atoms with E-state index in [1.54, 1.807) is 0 Å². The Morgan fingerprint density at radius 2 is 1.48 bits per heavy atom. The molecule has 0 aliphatic carbocycles. The first-order chi connectivity index (χ1) is 10.1. The zero-order valence-electron chi connectivity index (χ0n) is 15.6. The maximum Gasteiger partial charge on any atom is 0.0666 e. The van der Waals surface area contributed by atoms with Crippen LogP contribution in [0.2, 0.25) is 0 Å². The molecule has 0 radical (unpaired) electrons. The van der Waals surface area contributed by atoms with Crippen molar-refractivity contribution in [2.45, 2.75) is 62.3 Å². The van der Waals surface area contributed by atoms with Crippen molar-refractivity contribution in [2.24, 2.45) is 4.99 Å². The van der Waals surface area contributed by atoms with Gasteiger partial charge in [-0.3, -0.25) is 0 Å². The molecular weight excluding hydrogens is 254 g/mol. The summed E-state index contributed by atoms with van der Waals surface area (Å²) in [7, 11) is 0. The van der Waals surface area contributed by atoms with E-state index in [1.165, 1.54) is 5.56 Å². The second kappa shape index (κ2) is 18.4. The first-order valence-electron chi connectivity index (χ1n) is 8.08. The summed E-state index contributed by atoms with van der Waals surface area (Å²) in [5, 5.41) is 0. The van der Waals surface area contributed by atoms with Crippen molar-refractivity contribution in [1.29, 1.82) is 0 Å². The van der Waals surface area contributed by atoms with Crippen molar-refractivity contribution >= 4 is 11.4 Å². The highest BCUT2D eigenvalue weighted by Gasteiger charge is 1.98. The molecule has 0 aliphatic heterocycles. The fourth-order valence-corrected chi connectivity index (χ4v) is 1.25. The van der Waals surface area contributed by atoms with E-state index < -0.39 is 0 Å². The van der Waals surface area contributed by atoms with E-state index in [2.05, 4.69) is 24.6 Å². The van der Waals surface area contributed by atoms with Crippen molar-refractivity contribution in [1.82, 2.24) is 0 Å². The standard InChI is InChI=1S/C14H17N.3C2H6/c1-5-8-13(11(2)3)15-14-10-7-6-9-12(14)4;3*1-2/h5-10H,2H2,1,3-4H3;3*1-2H3/b8-5-,15-13?;;;. The topological polar surface area (TPSA) is 12.4 Å². The minimum atomic E-state index is 0.937. The molecular formula is C20H35N. The van der Waals surface area contributed by atoms with Gasteiger partial charge < -0.3 is 0 Å². The van der Waals surface area contributed by atoms with Gasteiger partial charge in [-0.1, -0.05) is 72.4 Å². The molecule has 1 rings (SSSR count). The van der Waals surface area contributed by atoms with Gasteiger partial charge in [-0.05, 0) is 44.1 Å². The number of rotatable bonds is 3. The van der Waals surface area contributed by atoms with Gasteiger partial charge >= 0.3 is 0 Å². The number of hydrogen-bond acceptors (Lipinski definition) is 1. The number of para-hydroxylation sites is 1. The molecule has 0 saturated heterocycles. The van der Waals surface area contributed by atoms with Gasteiger partial charge in [-0.2, -0.15) is 0 Å². The van der Waals surface area contributed by atoms with Crippen LogP contribution in [0.25, 0.3) is 0 Å². The smallest absolute Gasteiger partial charge is 0.0666 e. The molecule has 21 heavy (non-hydrogen) atoms. The van der Waals surface area contributed by atoms with Gasteiger partial charge in [0.1, 0.15) is 0 Å². The van der Waals surface area contributed by atoms with Crippen molar-refractivity contribution < 1.29 is 0 Å². The molecule has 120 valence electrons. The number of benzene rings is 1. The average molecular weight is 290 g/mol. The Kier molecular flexibility index (Phi) is 21.3. The van der Waals surface area contributed by atoms with E-state index in [4.69, 9.17) is 0 Å². The SMILES string of the molecule is C=C(C)C(/C=C\C)=Nc1ccccc1C.CC.CC.CC. The molecule has 1 nitrogen and oxygen atoms in total. The van der Waals surface area contributed by atoms with Gasteiger partial charge in [0.15, 0.2) is 0 Å². The maximum absolute atomic E-state index is 4.58. The monoisotopic (exact) mass is 289 g/mol. The van der Waals surface area contributed by atoms with Crippen LogP contribution in [0.15, 0.2) is 53.6 Å². The van der Waals surface area contributed by atoms with E-state index >= 15 is 0 Å². The van der Waals surface area contributed by atoms with Crippen molar-refractivity contribution in [3.8, 4) is 0 Å². The minimum Gasteiger partial charge on any atom is -0.249 e. The molecule has 0 bridgehead atoms. The average Bonchev–Trinajstić information content (AvgIpc) is 2.54. The van der Waals surface area contributed by atoms with Crippen molar-refractivity contribution in [3.63, 3.8) is 0 Å². The molecule has 0 heterocycles. The number of hydrogen-bond donors (Lipinski definition) is 0. The summed E-state index contributed by atoms with van der Waals surface area (Å²) >= 11 is 0. The number of aryl methyl sites for hydroxylation is 1. The Bertz CT molecular complexity index is 412. The van der Waals surface area contributed by atoms with Crippen LogP contribution in [0.4, 0.5) is 5.69 Å². The van der Waals surface area contributed by atoms with Gasteiger partial charge in [-0.15, -0.1) is 0 Å². The highest BCUT2D eigenvalue weighted by atomic mass is 14.7. The Morgan fingerprint density at radius 3 is 1.86 bits per heavy atom. The maximum atomic E-state index is 4.58. The number of allylic oxidation sites excluding steroid dienone is 3. The molecule has 0 aliphatic rings. The zero-order chi connectivity index (χ0) is 17.3. The normalized spacial score (nSPS) is 9.48. The minimum absolute atomic E-state index is 0.937. The van der Waals surface area contributed by atoms with Gasteiger partial charge in [0.25, 0.3) is 0 Å². The van der Waals surface area contributed by atoms with Crippen LogP contribution < -0.4 is 0 Å². The third-order valence-electron chi connectivity index (χ3n) is 2.12. The van der Waals surface area contributed by atoms with Crippen LogP contribution in [0.5, 0.6) is 0 Å². The second-order valence-electron chi connectivity index (χ2n) is 3.56. The van der Waals surface area contributed by atoms with Crippen LogP contribution in [0, 0.1) is 6.92 Å². The third-order valence-corrected chi connectivity index (χ3v) is 2.12. The summed E-state index contributed by atoms with van der Waals surface area (Å²) in [5.74, 6) is 0. The van der Waals surface area contributed by atoms with Gasteiger partial charge in [-0.25, -0.2) is 4.99 Å².